The van der Waals surface area contributed by atoms with Crippen LogP contribution in [-0.4, -0.2) is 35.9 Å². The maximum absolute atomic E-state index is 13.1. The molecule has 32 heavy (non-hydrogen) atoms. The van der Waals surface area contributed by atoms with E-state index in [9.17, 15) is 4.79 Å². The molecule has 1 fully saturated rings. The molecular weight excluding hydrogens is 400 g/mol. The molecule has 5 aromatic rings. The van der Waals surface area contributed by atoms with E-state index in [4.69, 9.17) is 0 Å². The summed E-state index contributed by atoms with van der Waals surface area (Å²) in [4.78, 5) is 29.9. The first-order valence-corrected chi connectivity index (χ1v) is 10.9. The van der Waals surface area contributed by atoms with E-state index in [0.717, 1.165) is 50.3 Å². The zero-order valence-corrected chi connectivity index (χ0v) is 17.9. The van der Waals surface area contributed by atoms with Crippen molar-refractivity contribution in [3.63, 3.8) is 0 Å². The molecule has 0 unspecified atom stereocenters. The second kappa shape index (κ2) is 7.09. The molecule has 1 aliphatic carbocycles. The summed E-state index contributed by atoms with van der Waals surface area (Å²) in [5, 5.41) is 8.65. The number of imidazole rings is 1. The number of pyridine rings is 2. The van der Waals surface area contributed by atoms with E-state index in [1.165, 1.54) is 12.8 Å². The van der Waals surface area contributed by atoms with Crippen LogP contribution in [0.25, 0.3) is 33.2 Å². The SMILES string of the molecule is Cc1cccc([C@@H](C)C(=O)c2nc3cc4c(-c5ccnc(C6CC6)c5)n[nH]c4cc3[nH]2)n1. The zero-order valence-electron chi connectivity index (χ0n) is 17.9. The Labute approximate surface area is 184 Å². The number of fused-ring (bicyclic) bond motifs is 2. The average Bonchev–Trinajstić information content (AvgIpc) is 3.46. The van der Waals surface area contributed by atoms with Gasteiger partial charge >= 0.3 is 0 Å². The van der Waals surface area contributed by atoms with E-state index in [-0.39, 0.29) is 11.7 Å². The van der Waals surface area contributed by atoms with Gasteiger partial charge in [0.2, 0.25) is 5.78 Å². The van der Waals surface area contributed by atoms with Crippen LogP contribution in [0.4, 0.5) is 0 Å². The minimum atomic E-state index is -0.379. The number of aromatic nitrogens is 6. The first-order chi connectivity index (χ1) is 15.6. The summed E-state index contributed by atoms with van der Waals surface area (Å²) >= 11 is 0. The third-order valence-electron chi connectivity index (χ3n) is 6.19. The zero-order chi connectivity index (χ0) is 21.8. The molecule has 4 aromatic heterocycles. The summed E-state index contributed by atoms with van der Waals surface area (Å²) in [5.74, 6) is 0.467. The number of hydrogen-bond acceptors (Lipinski definition) is 5. The van der Waals surface area contributed by atoms with Gasteiger partial charge in [-0.2, -0.15) is 5.10 Å². The lowest BCUT2D eigenvalue weighted by Crippen LogP contribution is -2.13. The molecule has 7 nitrogen and oxygen atoms in total. The number of Topliss-reactive ketones (excluding diaryl/α,β-unsaturated/α-hetero) is 1. The van der Waals surface area contributed by atoms with E-state index < -0.39 is 0 Å². The molecule has 0 bridgehead atoms. The molecule has 0 saturated heterocycles. The van der Waals surface area contributed by atoms with Gasteiger partial charge in [-0.3, -0.25) is 19.9 Å². The average molecular weight is 422 g/mol. The molecule has 1 aliphatic rings. The fraction of sp³-hybridized carbons (Fsp3) is 0.240. The number of rotatable bonds is 5. The fourth-order valence-electron chi connectivity index (χ4n) is 4.20. The summed E-state index contributed by atoms with van der Waals surface area (Å²) in [6.07, 6.45) is 4.27. The maximum Gasteiger partial charge on any atom is 0.206 e. The lowest BCUT2D eigenvalue weighted by atomic mass is 10.0. The highest BCUT2D eigenvalue weighted by Crippen LogP contribution is 2.40. The Bertz CT molecular complexity index is 1490. The molecule has 158 valence electrons. The highest BCUT2D eigenvalue weighted by molar-refractivity contribution is 6.04. The van der Waals surface area contributed by atoms with E-state index in [0.29, 0.717) is 11.7 Å². The quantitative estimate of drug-likeness (QED) is 0.385. The molecule has 1 aromatic carbocycles. The summed E-state index contributed by atoms with van der Waals surface area (Å²) in [6.45, 7) is 3.79. The molecule has 0 radical (unpaired) electrons. The van der Waals surface area contributed by atoms with Crippen molar-refractivity contribution in [2.75, 3.05) is 0 Å². The largest absolute Gasteiger partial charge is 0.335 e. The molecule has 1 saturated carbocycles. The molecule has 4 heterocycles. The lowest BCUT2D eigenvalue weighted by molar-refractivity contribution is 0.0955. The van der Waals surface area contributed by atoms with Crippen molar-refractivity contribution in [3.05, 3.63) is 71.6 Å². The Balaban J connectivity index is 1.38. The van der Waals surface area contributed by atoms with Crippen molar-refractivity contribution < 1.29 is 4.79 Å². The van der Waals surface area contributed by atoms with Gasteiger partial charge in [0.05, 0.1) is 28.2 Å². The first kappa shape index (κ1) is 18.9. The number of carbonyl (C=O) groups excluding carboxylic acids is 1. The Morgan fingerprint density at radius 1 is 1.09 bits per heavy atom. The number of carbonyl (C=O) groups is 1. The van der Waals surface area contributed by atoms with Gasteiger partial charge in [0.1, 0.15) is 5.69 Å². The highest BCUT2D eigenvalue weighted by atomic mass is 16.1. The van der Waals surface area contributed by atoms with Crippen LogP contribution in [0.15, 0.2) is 48.7 Å². The molecule has 2 N–H and O–H groups in total. The Kier molecular flexibility index (Phi) is 4.18. The van der Waals surface area contributed by atoms with Crippen molar-refractivity contribution in [2.45, 2.75) is 38.5 Å². The highest BCUT2D eigenvalue weighted by Gasteiger charge is 2.26. The smallest absolute Gasteiger partial charge is 0.206 e. The Hall–Kier alpha value is -3.87. The summed E-state index contributed by atoms with van der Waals surface area (Å²) in [6, 6.07) is 13.8. The fourth-order valence-corrected chi connectivity index (χ4v) is 4.20. The van der Waals surface area contributed by atoms with E-state index in [1.807, 2.05) is 56.4 Å². The number of ketones is 1. The lowest BCUT2D eigenvalue weighted by Gasteiger charge is -2.08. The van der Waals surface area contributed by atoms with Crippen molar-refractivity contribution in [1.29, 1.82) is 0 Å². The number of benzene rings is 1. The molecule has 7 heteroatoms. The molecule has 0 spiro atoms. The van der Waals surface area contributed by atoms with E-state index in [2.05, 4.69) is 36.2 Å². The van der Waals surface area contributed by atoms with Crippen LogP contribution in [0, 0.1) is 6.92 Å². The normalized spacial score (nSPS) is 14.8. The van der Waals surface area contributed by atoms with Crippen LogP contribution in [0.3, 0.4) is 0 Å². The van der Waals surface area contributed by atoms with Crippen LogP contribution in [-0.2, 0) is 0 Å². The minimum absolute atomic E-state index is 0.0791. The van der Waals surface area contributed by atoms with Gasteiger partial charge in [0.25, 0.3) is 0 Å². The predicted molar refractivity (Wildman–Crippen MR) is 123 cm³/mol. The summed E-state index contributed by atoms with van der Waals surface area (Å²) < 4.78 is 0. The number of nitrogens with one attached hydrogen (secondary N) is 2. The number of hydrogen-bond donors (Lipinski definition) is 2. The van der Waals surface area contributed by atoms with E-state index in [1.54, 1.807) is 0 Å². The molecule has 0 amide bonds. The van der Waals surface area contributed by atoms with Crippen LogP contribution < -0.4 is 0 Å². The Morgan fingerprint density at radius 2 is 1.97 bits per heavy atom. The van der Waals surface area contributed by atoms with Gasteiger partial charge in [-0.05, 0) is 63.1 Å². The van der Waals surface area contributed by atoms with Crippen LogP contribution in [0.1, 0.15) is 59.3 Å². The van der Waals surface area contributed by atoms with Gasteiger partial charge in [0, 0.05) is 34.5 Å². The van der Waals surface area contributed by atoms with Crippen LogP contribution >= 0.6 is 0 Å². The van der Waals surface area contributed by atoms with Gasteiger partial charge < -0.3 is 4.98 Å². The summed E-state index contributed by atoms with van der Waals surface area (Å²) in [5.41, 5.74) is 7.12. The molecule has 0 aliphatic heterocycles. The minimum Gasteiger partial charge on any atom is -0.335 e. The topological polar surface area (TPSA) is 100 Å². The van der Waals surface area contributed by atoms with Gasteiger partial charge in [-0.15, -0.1) is 0 Å². The van der Waals surface area contributed by atoms with Crippen molar-refractivity contribution in [1.82, 2.24) is 30.1 Å². The maximum atomic E-state index is 13.1. The number of aromatic amines is 2. The Morgan fingerprint density at radius 3 is 2.78 bits per heavy atom. The van der Waals surface area contributed by atoms with E-state index >= 15 is 0 Å². The number of nitrogens with zero attached hydrogens (tertiary/aromatic N) is 4. The van der Waals surface area contributed by atoms with Crippen molar-refractivity contribution in [2.24, 2.45) is 0 Å². The molecular formula is C25H22N6O. The molecule has 1 atom stereocenters. The van der Waals surface area contributed by atoms with Crippen molar-refractivity contribution in [3.8, 4) is 11.3 Å². The third-order valence-corrected chi connectivity index (χ3v) is 6.19. The predicted octanol–water partition coefficient (Wildman–Crippen LogP) is 5.07. The number of H-pyrrole nitrogens is 2. The van der Waals surface area contributed by atoms with Gasteiger partial charge in [0.15, 0.2) is 5.82 Å². The third kappa shape index (κ3) is 3.17. The van der Waals surface area contributed by atoms with Crippen molar-refractivity contribution >= 4 is 27.7 Å². The van der Waals surface area contributed by atoms with Crippen LogP contribution in [0.5, 0.6) is 0 Å². The van der Waals surface area contributed by atoms with Gasteiger partial charge in [-0.25, -0.2) is 4.98 Å². The summed E-state index contributed by atoms with van der Waals surface area (Å²) in [7, 11) is 0. The van der Waals surface area contributed by atoms with Gasteiger partial charge in [-0.1, -0.05) is 6.07 Å². The standard InChI is InChI=1S/C25H22N6O/c1-13-4-3-5-18(27-13)14(2)24(32)25-28-21-11-17-20(12-22(21)29-25)30-31-23(17)16-8-9-26-19(10-16)15-6-7-15/h3-5,8-12,14-15H,6-7H2,1-2H3,(H,28,29)(H,30,31)/t14-/m1/s1. The molecule has 6 rings (SSSR count). The number of aryl methyl sites for hydroxylation is 1. The van der Waals surface area contributed by atoms with Crippen LogP contribution in [0.2, 0.25) is 0 Å². The second-order valence-corrected chi connectivity index (χ2v) is 8.61. The monoisotopic (exact) mass is 422 g/mol. The second-order valence-electron chi connectivity index (χ2n) is 8.61. The first-order valence-electron chi connectivity index (χ1n) is 10.9.